The summed E-state index contributed by atoms with van der Waals surface area (Å²) >= 11 is 0. The van der Waals surface area contributed by atoms with Gasteiger partial charge in [-0.25, -0.2) is 0 Å². The molecule has 1 aromatic carbocycles. The molecule has 2 atom stereocenters. The number of hydrogen-bond acceptors (Lipinski definition) is 2. The molecule has 3 nitrogen and oxygen atoms in total. The second-order valence-electron chi connectivity index (χ2n) is 6.69. The number of carbonyl (C=O) groups excluding carboxylic acids is 2. The summed E-state index contributed by atoms with van der Waals surface area (Å²) in [5, 5.41) is 2.50. The lowest BCUT2D eigenvalue weighted by Gasteiger charge is -2.41. The molecular weight excluding hydrogens is 250 g/mol. The molecule has 1 aliphatic rings. The normalized spacial score (nSPS) is 26.8. The highest BCUT2D eigenvalue weighted by atomic mass is 16.2. The molecule has 1 saturated heterocycles. The second-order valence-corrected chi connectivity index (χ2v) is 6.69. The predicted molar refractivity (Wildman–Crippen MR) is 79.2 cm³/mol. The van der Waals surface area contributed by atoms with Crippen LogP contribution in [0.5, 0.6) is 0 Å². The van der Waals surface area contributed by atoms with E-state index in [1.165, 1.54) is 0 Å². The number of carbonyl (C=O) groups is 2. The van der Waals surface area contributed by atoms with E-state index >= 15 is 0 Å². The molecule has 1 heterocycles. The first-order valence-electron chi connectivity index (χ1n) is 7.22. The largest absolute Gasteiger partial charge is 0.296 e. The van der Waals surface area contributed by atoms with Gasteiger partial charge in [0, 0.05) is 6.42 Å². The summed E-state index contributed by atoms with van der Waals surface area (Å²) in [6, 6.07) is 8.05. The molecule has 108 valence electrons. The quantitative estimate of drug-likeness (QED) is 0.860. The molecular formula is C17H23NO2. The van der Waals surface area contributed by atoms with Gasteiger partial charge in [-0.3, -0.25) is 14.9 Å². The van der Waals surface area contributed by atoms with E-state index in [2.05, 4.69) is 32.2 Å². The molecule has 2 unspecified atom stereocenters. The molecule has 0 saturated carbocycles. The van der Waals surface area contributed by atoms with Gasteiger partial charge in [-0.1, -0.05) is 50.6 Å². The van der Waals surface area contributed by atoms with Gasteiger partial charge in [0.05, 0.1) is 5.92 Å². The summed E-state index contributed by atoms with van der Waals surface area (Å²) in [6.45, 7) is 8.36. The van der Waals surface area contributed by atoms with Gasteiger partial charge in [-0.05, 0) is 30.2 Å². The molecule has 1 aromatic rings. The van der Waals surface area contributed by atoms with E-state index < -0.39 is 0 Å². The first kappa shape index (κ1) is 14.8. The summed E-state index contributed by atoms with van der Waals surface area (Å²) in [5.41, 5.74) is 1.85. The Kier molecular flexibility index (Phi) is 3.98. The summed E-state index contributed by atoms with van der Waals surface area (Å²) in [4.78, 5) is 24.2. The lowest BCUT2D eigenvalue weighted by Crippen LogP contribution is -2.50. The topological polar surface area (TPSA) is 46.2 Å². The van der Waals surface area contributed by atoms with Crippen LogP contribution in [-0.2, 0) is 9.59 Å². The minimum absolute atomic E-state index is 0.151. The van der Waals surface area contributed by atoms with E-state index in [4.69, 9.17) is 0 Å². The zero-order valence-corrected chi connectivity index (χ0v) is 12.7. The van der Waals surface area contributed by atoms with Crippen LogP contribution >= 0.6 is 0 Å². The fourth-order valence-electron chi connectivity index (χ4n) is 3.57. The number of aryl methyl sites for hydroxylation is 1. The number of nitrogens with one attached hydrogen (secondary N) is 1. The lowest BCUT2D eigenvalue weighted by atomic mass is 9.64. The maximum Gasteiger partial charge on any atom is 0.234 e. The molecule has 0 radical (unpaired) electrons. The fourth-order valence-corrected chi connectivity index (χ4v) is 3.57. The maximum absolute atomic E-state index is 12.4. The Morgan fingerprint density at radius 2 is 2.05 bits per heavy atom. The van der Waals surface area contributed by atoms with Crippen LogP contribution in [0.2, 0.25) is 0 Å². The fraction of sp³-hybridized carbons (Fsp3) is 0.529. The minimum Gasteiger partial charge on any atom is -0.296 e. The van der Waals surface area contributed by atoms with Gasteiger partial charge in [-0.2, -0.15) is 0 Å². The van der Waals surface area contributed by atoms with Crippen LogP contribution in [0, 0.1) is 18.3 Å². The molecule has 20 heavy (non-hydrogen) atoms. The molecule has 3 heteroatoms. The van der Waals surface area contributed by atoms with Crippen LogP contribution in [0.3, 0.4) is 0 Å². The zero-order chi connectivity index (χ0) is 14.9. The molecule has 1 N–H and O–H groups in total. The highest BCUT2D eigenvalue weighted by molar-refractivity contribution is 6.02. The summed E-state index contributed by atoms with van der Waals surface area (Å²) < 4.78 is 0. The Bertz CT molecular complexity index is 536. The van der Waals surface area contributed by atoms with E-state index in [0.29, 0.717) is 12.3 Å². The summed E-state index contributed by atoms with van der Waals surface area (Å²) in [7, 11) is 0. The van der Waals surface area contributed by atoms with E-state index in [1.807, 2.05) is 25.1 Å². The van der Waals surface area contributed by atoms with E-state index in [0.717, 1.165) is 17.5 Å². The highest BCUT2D eigenvalue weighted by Crippen LogP contribution is 2.46. The van der Waals surface area contributed by atoms with Gasteiger partial charge in [0.15, 0.2) is 0 Å². The van der Waals surface area contributed by atoms with Crippen LogP contribution in [0.1, 0.15) is 50.7 Å². The number of imide groups is 1. The van der Waals surface area contributed by atoms with E-state index in [1.54, 1.807) is 0 Å². The monoisotopic (exact) mass is 273 g/mol. The molecule has 1 aliphatic heterocycles. The van der Waals surface area contributed by atoms with Crippen molar-refractivity contribution in [3.8, 4) is 0 Å². The van der Waals surface area contributed by atoms with Gasteiger partial charge < -0.3 is 0 Å². The Balaban J connectivity index is 2.44. The number of piperidine rings is 1. The first-order valence-corrected chi connectivity index (χ1v) is 7.22. The third-order valence-corrected chi connectivity index (χ3v) is 4.04. The molecule has 0 spiro atoms. The molecule has 2 amide bonds. The predicted octanol–water partition coefficient (Wildman–Crippen LogP) is 3.18. The molecule has 0 aliphatic carbocycles. The van der Waals surface area contributed by atoms with Crippen molar-refractivity contribution in [1.29, 1.82) is 0 Å². The van der Waals surface area contributed by atoms with Gasteiger partial charge in [0.2, 0.25) is 11.8 Å². The Labute approximate surface area is 120 Å². The summed E-state index contributed by atoms with van der Waals surface area (Å²) in [5.74, 6) is -0.106. The highest BCUT2D eigenvalue weighted by Gasteiger charge is 2.46. The SMILES string of the molecule is Cc1cccc(C2C(=O)NC(=O)CC2(C)CC(C)C)c1. The van der Waals surface area contributed by atoms with Crippen LogP contribution < -0.4 is 5.32 Å². The molecule has 2 rings (SSSR count). The maximum atomic E-state index is 12.4. The van der Waals surface area contributed by atoms with Crippen molar-refractivity contribution in [3.63, 3.8) is 0 Å². The van der Waals surface area contributed by atoms with Crippen molar-refractivity contribution < 1.29 is 9.59 Å². The van der Waals surface area contributed by atoms with E-state index in [-0.39, 0.29) is 23.1 Å². The average Bonchev–Trinajstić information content (AvgIpc) is 2.25. The number of rotatable bonds is 3. The number of amides is 2. The third kappa shape index (κ3) is 2.92. The van der Waals surface area contributed by atoms with Crippen molar-refractivity contribution in [3.05, 3.63) is 35.4 Å². The van der Waals surface area contributed by atoms with Crippen LogP contribution in [0.25, 0.3) is 0 Å². The van der Waals surface area contributed by atoms with Crippen LogP contribution in [0.4, 0.5) is 0 Å². The van der Waals surface area contributed by atoms with Crippen molar-refractivity contribution >= 4 is 11.8 Å². The molecule has 0 aromatic heterocycles. The standard InChI is InChI=1S/C17H23NO2/c1-11(2)9-17(4)10-14(19)18-16(20)15(17)13-7-5-6-12(3)8-13/h5-8,11,15H,9-10H2,1-4H3,(H,18,19,20). The Morgan fingerprint density at radius 3 is 2.65 bits per heavy atom. The van der Waals surface area contributed by atoms with Crippen molar-refractivity contribution in [1.82, 2.24) is 5.32 Å². The lowest BCUT2D eigenvalue weighted by molar-refractivity contribution is -0.140. The Hall–Kier alpha value is -1.64. The average molecular weight is 273 g/mol. The van der Waals surface area contributed by atoms with E-state index in [9.17, 15) is 9.59 Å². The number of benzene rings is 1. The second kappa shape index (κ2) is 5.39. The van der Waals surface area contributed by atoms with Gasteiger partial charge in [0.1, 0.15) is 0 Å². The van der Waals surface area contributed by atoms with Crippen molar-refractivity contribution in [2.45, 2.75) is 46.5 Å². The number of hydrogen-bond donors (Lipinski definition) is 1. The smallest absolute Gasteiger partial charge is 0.234 e. The first-order chi connectivity index (χ1) is 9.32. The molecule has 1 fully saturated rings. The minimum atomic E-state index is -0.304. The van der Waals surface area contributed by atoms with Gasteiger partial charge >= 0.3 is 0 Å². The zero-order valence-electron chi connectivity index (χ0n) is 12.7. The molecule has 0 bridgehead atoms. The van der Waals surface area contributed by atoms with Crippen LogP contribution in [0.15, 0.2) is 24.3 Å². The van der Waals surface area contributed by atoms with Gasteiger partial charge in [-0.15, -0.1) is 0 Å². The Morgan fingerprint density at radius 1 is 1.35 bits per heavy atom. The third-order valence-electron chi connectivity index (χ3n) is 4.04. The van der Waals surface area contributed by atoms with Crippen LogP contribution in [-0.4, -0.2) is 11.8 Å². The van der Waals surface area contributed by atoms with Crippen molar-refractivity contribution in [2.24, 2.45) is 11.3 Å². The summed E-state index contributed by atoms with van der Waals surface area (Å²) in [6.07, 6.45) is 1.28. The van der Waals surface area contributed by atoms with Crippen molar-refractivity contribution in [2.75, 3.05) is 0 Å². The van der Waals surface area contributed by atoms with Gasteiger partial charge in [0.25, 0.3) is 0 Å².